The van der Waals surface area contributed by atoms with Crippen molar-refractivity contribution in [2.24, 2.45) is 0 Å². The number of ether oxygens (including phenoxy) is 1. The van der Waals surface area contributed by atoms with Crippen LogP contribution in [-0.2, 0) is 17.9 Å². The molecule has 3 aromatic rings. The summed E-state index contributed by atoms with van der Waals surface area (Å²) in [6.45, 7) is 0.376. The number of likely N-dealkylation sites (N-methyl/N-ethyl adjacent to an activating group) is 1. The van der Waals surface area contributed by atoms with Crippen LogP contribution in [0, 0.1) is 11.3 Å². The van der Waals surface area contributed by atoms with Gasteiger partial charge in [-0.15, -0.1) is 5.10 Å². The average molecular weight is 361 g/mol. The molecule has 0 radical (unpaired) electrons. The summed E-state index contributed by atoms with van der Waals surface area (Å²) in [7, 11) is 3.31. The number of hydrogen-bond donors (Lipinski definition) is 0. The number of nitriles is 1. The van der Waals surface area contributed by atoms with Gasteiger partial charge in [-0.3, -0.25) is 4.79 Å². The third-order valence-corrected chi connectivity index (χ3v) is 4.15. The third kappa shape index (κ3) is 4.12. The number of nitrogens with zero attached hydrogens (tertiary/aromatic N) is 5. The van der Waals surface area contributed by atoms with E-state index in [1.165, 1.54) is 4.68 Å². The molecule has 0 saturated heterocycles. The molecule has 7 nitrogen and oxygen atoms in total. The molecule has 0 fully saturated rings. The van der Waals surface area contributed by atoms with Crippen molar-refractivity contribution in [1.29, 1.82) is 5.26 Å². The summed E-state index contributed by atoms with van der Waals surface area (Å²) in [5.41, 5.74) is 2.48. The first-order valence-electron chi connectivity index (χ1n) is 8.38. The minimum atomic E-state index is -0.168. The van der Waals surface area contributed by atoms with Crippen LogP contribution >= 0.6 is 0 Å². The van der Waals surface area contributed by atoms with Crippen molar-refractivity contribution in [2.75, 3.05) is 14.2 Å². The maximum Gasteiger partial charge on any atom is 0.244 e. The van der Waals surface area contributed by atoms with Crippen LogP contribution in [0.5, 0.6) is 5.75 Å². The molecule has 0 aliphatic carbocycles. The highest BCUT2D eigenvalue weighted by Crippen LogP contribution is 2.20. The molecular weight excluding hydrogens is 342 g/mol. The summed E-state index contributed by atoms with van der Waals surface area (Å²) in [5, 5.41) is 17.6. The molecule has 0 spiro atoms. The smallest absolute Gasteiger partial charge is 0.244 e. The van der Waals surface area contributed by atoms with Crippen molar-refractivity contribution >= 4 is 5.91 Å². The van der Waals surface area contributed by atoms with Crippen molar-refractivity contribution in [3.63, 3.8) is 0 Å². The zero-order valence-electron chi connectivity index (χ0n) is 15.2. The second-order valence-corrected chi connectivity index (χ2v) is 6.02. The fourth-order valence-corrected chi connectivity index (χ4v) is 2.71. The summed E-state index contributed by atoms with van der Waals surface area (Å²) in [6, 6.07) is 19.0. The van der Waals surface area contributed by atoms with Crippen LogP contribution in [0.25, 0.3) is 11.3 Å². The largest absolute Gasteiger partial charge is 0.497 e. The number of carbonyl (C=O) groups is 1. The van der Waals surface area contributed by atoms with Gasteiger partial charge in [-0.1, -0.05) is 47.7 Å². The number of rotatable bonds is 6. The van der Waals surface area contributed by atoms with Crippen molar-refractivity contribution in [1.82, 2.24) is 19.9 Å². The van der Waals surface area contributed by atoms with E-state index in [2.05, 4.69) is 16.4 Å². The average Bonchev–Trinajstić information content (AvgIpc) is 3.11. The lowest BCUT2D eigenvalue weighted by molar-refractivity contribution is -0.131. The molecule has 2 aromatic carbocycles. The van der Waals surface area contributed by atoms with Gasteiger partial charge in [0.05, 0.1) is 7.11 Å². The van der Waals surface area contributed by atoms with E-state index in [1.54, 1.807) is 19.1 Å². The number of carbonyl (C=O) groups excluding carboxylic acids is 1. The zero-order chi connectivity index (χ0) is 19.2. The highest BCUT2D eigenvalue weighted by molar-refractivity contribution is 5.76. The van der Waals surface area contributed by atoms with Crippen LogP contribution in [0.4, 0.5) is 0 Å². The summed E-state index contributed by atoms with van der Waals surface area (Å²) < 4.78 is 6.55. The first-order chi connectivity index (χ1) is 13.1. The van der Waals surface area contributed by atoms with Gasteiger partial charge in [0, 0.05) is 19.2 Å². The monoisotopic (exact) mass is 361 g/mol. The quantitative estimate of drug-likeness (QED) is 0.673. The van der Waals surface area contributed by atoms with Crippen LogP contribution in [0.2, 0.25) is 0 Å². The van der Waals surface area contributed by atoms with Gasteiger partial charge in [0.2, 0.25) is 5.91 Å². The Bertz CT molecular complexity index is 976. The summed E-state index contributed by atoms with van der Waals surface area (Å²) >= 11 is 0. The minimum Gasteiger partial charge on any atom is -0.497 e. The van der Waals surface area contributed by atoms with E-state index in [9.17, 15) is 10.1 Å². The number of methoxy groups -OCH3 is 1. The van der Waals surface area contributed by atoms with Gasteiger partial charge in [-0.2, -0.15) is 5.26 Å². The Hall–Kier alpha value is -3.66. The summed E-state index contributed by atoms with van der Waals surface area (Å²) in [4.78, 5) is 14.2. The highest BCUT2D eigenvalue weighted by Gasteiger charge is 2.18. The molecule has 0 saturated carbocycles. The maximum absolute atomic E-state index is 12.6. The number of amides is 1. The van der Waals surface area contributed by atoms with Crippen LogP contribution in [0.1, 0.15) is 11.3 Å². The van der Waals surface area contributed by atoms with Crippen molar-refractivity contribution in [2.45, 2.75) is 13.1 Å². The Kier molecular flexibility index (Phi) is 5.47. The second-order valence-electron chi connectivity index (χ2n) is 6.02. The van der Waals surface area contributed by atoms with Gasteiger partial charge in [0.1, 0.15) is 24.1 Å². The molecule has 136 valence electrons. The van der Waals surface area contributed by atoms with E-state index in [1.807, 2.05) is 54.6 Å². The Balaban J connectivity index is 1.74. The SMILES string of the molecule is COc1cccc(CN(C)C(=O)Cn2nnc(-c3ccccc3)c2C#N)c1. The Morgan fingerprint density at radius 2 is 2.00 bits per heavy atom. The van der Waals surface area contributed by atoms with Crippen molar-refractivity contribution in [3.8, 4) is 23.1 Å². The molecule has 27 heavy (non-hydrogen) atoms. The molecule has 0 bridgehead atoms. The molecule has 1 aromatic heterocycles. The standard InChI is InChI=1S/C20H19N5O2/c1-24(13-15-7-6-10-17(11-15)27-2)19(26)14-25-18(12-21)20(22-23-25)16-8-4-3-5-9-16/h3-11H,13-14H2,1-2H3. The van der Waals surface area contributed by atoms with Gasteiger partial charge < -0.3 is 9.64 Å². The molecule has 1 heterocycles. The van der Waals surface area contributed by atoms with Crippen LogP contribution < -0.4 is 4.74 Å². The lowest BCUT2D eigenvalue weighted by atomic mass is 10.1. The highest BCUT2D eigenvalue weighted by atomic mass is 16.5. The zero-order valence-corrected chi connectivity index (χ0v) is 15.2. The summed E-state index contributed by atoms with van der Waals surface area (Å²) in [5.74, 6) is 0.572. The van der Waals surface area contributed by atoms with E-state index in [-0.39, 0.29) is 18.1 Å². The van der Waals surface area contributed by atoms with Gasteiger partial charge in [-0.25, -0.2) is 4.68 Å². The van der Waals surface area contributed by atoms with Crippen LogP contribution in [0.3, 0.4) is 0 Å². The Labute approximate surface area is 157 Å². The van der Waals surface area contributed by atoms with Gasteiger partial charge in [-0.05, 0) is 17.7 Å². The van der Waals surface area contributed by atoms with Gasteiger partial charge in [0.15, 0.2) is 5.69 Å². The molecule has 0 aliphatic rings. The third-order valence-electron chi connectivity index (χ3n) is 4.15. The number of aromatic nitrogens is 3. The van der Waals surface area contributed by atoms with E-state index in [0.29, 0.717) is 12.2 Å². The van der Waals surface area contributed by atoms with E-state index in [0.717, 1.165) is 16.9 Å². The molecule has 0 unspecified atom stereocenters. The molecule has 3 rings (SSSR count). The van der Waals surface area contributed by atoms with Gasteiger partial charge >= 0.3 is 0 Å². The maximum atomic E-state index is 12.6. The number of hydrogen-bond acceptors (Lipinski definition) is 5. The molecule has 1 amide bonds. The first-order valence-corrected chi connectivity index (χ1v) is 8.38. The molecule has 0 N–H and O–H groups in total. The van der Waals surface area contributed by atoms with E-state index in [4.69, 9.17) is 4.74 Å². The Morgan fingerprint density at radius 1 is 1.22 bits per heavy atom. The molecule has 7 heteroatoms. The fourth-order valence-electron chi connectivity index (χ4n) is 2.71. The predicted octanol–water partition coefficient (Wildman–Crippen LogP) is 2.48. The first kappa shape index (κ1) is 18.1. The van der Waals surface area contributed by atoms with Crippen molar-refractivity contribution in [3.05, 3.63) is 65.9 Å². The normalized spacial score (nSPS) is 10.3. The topological polar surface area (TPSA) is 84.0 Å². The molecule has 0 atom stereocenters. The lowest BCUT2D eigenvalue weighted by Gasteiger charge is -2.17. The van der Waals surface area contributed by atoms with E-state index < -0.39 is 0 Å². The van der Waals surface area contributed by atoms with Crippen LogP contribution in [-0.4, -0.2) is 40.0 Å². The summed E-state index contributed by atoms with van der Waals surface area (Å²) in [6.07, 6.45) is 0. The van der Waals surface area contributed by atoms with Crippen molar-refractivity contribution < 1.29 is 9.53 Å². The lowest BCUT2D eigenvalue weighted by Crippen LogP contribution is -2.30. The van der Waals surface area contributed by atoms with E-state index >= 15 is 0 Å². The minimum absolute atomic E-state index is 0.0524. The van der Waals surface area contributed by atoms with Gasteiger partial charge in [0.25, 0.3) is 0 Å². The predicted molar refractivity (Wildman–Crippen MR) is 99.6 cm³/mol. The number of benzene rings is 2. The molecule has 0 aliphatic heterocycles. The molecular formula is C20H19N5O2. The fraction of sp³-hybridized carbons (Fsp3) is 0.200. The van der Waals surface area contributed by atoms with Crippen LogP contribution in [0.15, 0.2) is 54.6 Å². The second kappa shape index (κ2) is 8.15. The Morgan fingerprint density at radius 3 is 2.70 bits per heavy atom.